The summed E-state index contributed by atoms with van der Waals surface area (Å²) in [6, 6.07) is 13.1. The average Bonchev–Trinajstić information content (AvgIpc) is 2.41. The van der Waals surface area contributed by atoms with Crippen LogP contribution >= 0.6 is 0 Å². The van der Waals surface area contributed by atoms with E-state index in [1.807, 2.05) is 31.2 Å². The largest absolute Gasteiger partial charge is 0.507 e. The fourth-order valence-corrected chi connectivity index (χ4v) is 1.83. The van der Waals surface area contributed by atoms with Gasteiger partial charge in [0.25, 0.3) is 5.91 Å². The molecule has 0 fully saturated rings. The summed E-state index contributed by atoms with van der Waals surface area (Å²) in [7, 11) is 0. The third-order valence-electron chi connectivity index (χ3n) is 3.06. The number of carbonyl (C=O) groups is 1. The van der Waals surface area contributed by atoms with Gasteiger partial charge in [0.05, 0.1) is 5.56 Å². The third-order valence-corrected chi connectivity index (χ3v) is 3.06. The molecule has 2 rings (SSSR count). The number of nitrogens with one attached hydrogen (secondary N) is 1. The number of aryl methyl sites for hydroxylation is 2. The van der Waals surface area contributed by atoms with Crippen LogP contribution in [0.5, 0.6) is 5.75 Å². The second-order valence-corrected chi connectivity index (χ2v) is 4.64. The number of phenols is 1. The Hall–Kier alpha value is -2.29. The Morgan fingerprint density at radius 3 is 2.47 bits per heavy atom. The highest BCUT2D eigenvalue weighted by molar-refractivity contribution is 5.97. The predicted molar refractivity (Wildman–Crippen MR) is 75.2 cm³/mol. The fraction of sp³-hybridized carbons (Fsp3) is 0.188. The van der Waals surface area contributed by atoms with E-state index in [9.17, 15) is 9.90 Å². The molecule has 0 unspecified atom stereocenters. The molecule has 0 bridgehead atoms. The molecule has 2 aromatic carbocycles. The van der Waals surface area contributed by atoms with Crippen molar-refractivity contribution in [2.24, 2.45) is 0 Å². The molecule has 2 aromatic rings. The second-order valence-electron chi connectivity index (χ2n) is 4.64. The highest BCUT2D eigenvalue weighted by Crippen LogP contribution is 2.21. The topological polar surface area (TPSA) is 49.3 Å². The average molecular weight is 255 g/mol. The van der Waals surface area contributed by atoms with Gasteiger partial charge in [-0.15, -0.1) is 0 Å². The monoisotopic (exact) mass is 255 g/mol. The summed E-state index contributed by atoms with van der Waals surface area (Å²) in [6.45, 7) is 4.24. The summed E-state index contributed by atoms with van der Waals surface area (Å²) in [6.07, 6.45) is 0. The molecule has 1 amide bonds. The molecule has 0 aromatic heterocycles. The maximum absolute atomic E-state index is 12.0. The van der Waals surface area contributed by atoms with Gasteiger partial charge in [0.15, 0.2) is 0 Å². The number of hydrogen-bond acceptors (Lipinski definition) is 2. The Balaban J connectivity index is 2.05. The van der Waals surface area contributed by atoms with Crippen molar-refractivity contribution in [2.75, 3.05) is 0 Å². The number of benzene rings is 2. The molecule has 0 saturated heterocycles. The molecule has 0 aliphatic rings. The number of hydrogen-bond donors (Lipinski definition) is 2. The third kappa shape index (κ3) is 3.13. The van der Waals surface area contributed by atoms with Gasteiger partial charge in [0.2, 0.25) is 0 Å². The zero-order chi connectivity index (χ0) is 13.8. The molecule has 0 atom stereocenters. The highest BCUT2D eigenvalue weighted by Gasteiger charge is 2.11. The fourth-order valence-electron chi connectivity index (χ4n) is 1.83. The van der Waals surface area contributed by atoms with Gasteiger partial charge in [-0.1, -0.05) is 42.0 Å². The first-order chi connectivity index (χ1) is 9.08. The number of para-hydroxylation sites is 1. The lowest BCUT2D eigenvalue weighted by molar-refractivity contribution is 0.0948. The van der Waals surface area contributed by atoms with E-state index >= 15 is 0 Å². The van der Waals surface area contributed by atoms with Gasteiger partial charge < -0.3 is 10.4 Å². The number of rotatable bonds is 3. The molecule has 3 heteroatoms. The molecule has 0 aliphatic carbocycles. The molecule has 0 radical (unpaired) electrons. The van der Waals surface area contributed by atoms with E-state index in [2.05, 4.69) is 5.32 Å². The van der Waals surface area contributed by atoms with E-state index in [0.29, 0.717) is 17.7 Å². The minimum Gasteiger partial charge on any atom is -0.507 e. The lowest BCUT2D eigenvalue weighted by Crippen LogP contribution is -2.22. The van der Waals surface area contributed by atoms with Crippen molar-refractivity contribution in [2.45, 2.75) is 20.4 Å². The maximum Gasteiger partial charge on any atom is 0.255 e. The summed E-state index contributed by atoms with van der Waals surface area (Å²) in [4.78, 5) is 12.0. The molecule has 98 valence electrons. The summed E-state index contributed by atoms with van der Waals surface area (Å²) in [5.41, 5.74) is 3.23. The minimum atomic E-state index is -0.262. The van der Waals surface area contributed by atoms with E-state index in [1.165, 1.54) is 5.56 Å². The highest BCUT2D eigenvalue weighted by atomic mass is 16.3. The van der Waals surface area contributed by atoms with Crippen LogP contribution in [0.2, 0.25) is 0 Å². The van der Waals surface area contributed by atoms with Gasteiger partial charge in [-0.05, 0) is 31.0 Å². The Morgan fingerprint density at radius 2 is 1.79 bits per heavy atom. The predicted octanol–water partition coefficient (Wildman–Crippen LogP) is 2.94. The van der Waals surface area contributed by atoms with Crippen molar-refractivity contribution in [3.63, 3.8) is 0 Å². The normalized spacial score (nSPS) is 10.2. The maximum atomic E-state index is 12.0. The molecular weight excluding hydrogens is 238 g/mol. The number of amides is 1. The molecule has 19 heavy (non-hydrogen) atoms. The van der Waals surface area contributed by atoms with E-state index in [4.69, 9.17) is 0 Å². The van der Waals surface area contributed by atoms with Gasteiger partial charge in [-0.2, -0.15) is 0 Å². The summed E-state index contributed by atoms with van der Waals surface area (Å²) in [5, 5.41) is 12.6. The minimum absolute atomic E-state index is 0.0453. The van der Waals surface area contributed by atoms with Crippen LogP contribution in [-0.2, 0) is 6.54 Å². The van der Waals surface area contributed by atoms with Crippen LogP contribution < -0.4 is 5.32 Å². The van der Waals surface area contributed by atoms with Crippen molar-refractivity contribution in [1.82, 2.24) is 5.32 Å². The van der Waals surface area contributed by atoms with Crippen LogP contribution in [0.4, 0.5) is 0 Å². The zero-order valence-corrected chi connectivity index (χ0v) is 11.1. The van der Waals surface area contributed by atoms with Crippen LogP contribution in [0.1, 0.15) is 27.0 Å². The standard InChI is InChI=1S/C16H17NO2/c1-11-6-8-13(9-7-11)10-17-16(19)14-5-3-4-12(2)15(14)18/h3-9,18H,10H2,1-2H3,(H,17,19). The molecular formula is C16H17NO2. The zero-order valence-electron chi connectivity index (χ0n) is 11.1. The summed E-state index contributed by atoms with van der Waals surface area (Å²) in [5.74, 6) is -0.217. The Kier molecular flexibility index (Phi) is 3.85. The van der Waals surface area contributed by atoms with Gasteiger partial charge in [0, 0.05) is 6.54 Å². The molecule has 2 N–H and O–H groups in total. The second kappa shape index (κ2) is 5.57. The molecule has 0 saturated carbocycles. The first kappa shape index (κ1) is 13.1. The number of carbonyl (C=O) groups excluding carboxylic acids is 1. The smallest absolute Gasteiger partial charge is 0.255 e. The number of phenolic OH excluding ortho intramolecular Hbond substituents is 1. The quantitative estimate of drug-likeness (QED) is 0.886. The van der Waals surface area contributed by atoms with Crippen molar-refractivity contribution in [3.8, 4) is 5.75 Å². The Bertz CT molecular complexity index is 588. The molecule has 0 spiro atoms. The van der Waals surface area contributed by atoms with Gasteiger partial charge in [0.1, 0.15) is 5.75 Å². The number of aromatic hydroxyl groups is 1. The van der Waals surface area contributed by atoms with Gasteiger partial charge >= 0.3 is 0 Å². The van der Waals surface area contributed by atoms with Crippen molar-refractivity contribution in [1.29, 1.82) is 0 Å². The molecule has 0 heterocycles. The SMILES string of the molecule is Cc1ccc(CNC(=O)c2cccc(C)c2O)cc1. The van der Waals surface area contributed by atoms with Crippen molar-refractivity contribution in [3.05, 3.63) is 64.7 Å². The van der Waals surface area contributed by atoms with E-state index in [0.717, 1.165) is 5.56 Å². The molecule has 0 aliphatic heterocycles. The van der Waals surface area contributed by atoms with Crippen LogP contribution in [0, 0.1) is 13.8 Å². The first-order valence-corrected chi connectivity index (χ1v) is 6.20. The molecule has 3 nitrogen and oxygen atoms in total. The lowest BCUT2D eigenvalue weighted by atomic mass is 10.1. The van der Waals surface area contributed by atoms with Crippen LogP contribution in [-0.4, -0.2) is 11.0 Å². The van der Waals surface area contributed by atoms with E-state index in [-0.39, 0.29) is 11.7 Å². The Morgan fingerprint density at radius 1 is 1.11 bits per heavy atom. The van der Waals surface area contributed by atoms with E-state index in [1.54, 1.807) is 25.1 Å². The van der Waals surface area contributed by atoms with Gasteiger partial charge in [-0.3, -0.25) is 4.79 Å². The van der Waals surface area contributed by atoms with Crippen molar-refractivity contribution < 1.29 is 9.90 Å². The first-order valence-electron chi connectivity index (χ1n) is 6.20. The van der Waals surface area contributed by atoms with Crippen LogP contribution in [0.15, 0.2) is 42.5 Å². The van der Waals surface area contributed by atoms with Gasteiger partial charge in [-0.25, -0.2) is 0 Å². The Labute approximate surface area is 112 Å². The van der Waals surface area contributed by atoms with Crippen LogP contribution in [0.3, 0.4) is 0 Å². The summed E-state index contributed by atoms with van der Waals surface area (Å²) < 4.78 is 0. The lowest BCUT2D eigenvalue weighted by Gasteiger charge is -2.08. The van der Waals surface area contributed by atoms with Crippen LogP contribution in [0.25, 0.3) is 0 Å². The van der Waals surface area contributed by atoms with E-state index < -0.39 is 0 Å². The summed E-state index contributed by atoms with van der Waals surface area (Å²) >= 11 is 0. The van der Waals surface area contributed by atoms with Crippen molar-refractivity contribution >= 4 is 5.91 Å².